The molecule has 1 N–H and O–H groups in total. The lowest BCUT2D eigenvalue weighted by Crippen LogP contribution is -2.06. The smallest absolute Gasteiger partial charge is 0.168 e. The highest BCUT2D eigenvalue weighted by Gasteiger charge is 2.17. The summed E-state index contributed by atoms with van der Waals surface area (Å²) in [5.41, 5.74) is 1.01. The zero-order chi connectivity index (χ0) is 15.4. The van der Waals surface area contributed by atoms with E-state index < -0.39 is 11.9 Å². The van der Waals surface area contributed by atoms with Crippen LogP contribution in [-0.2, 0) is 6.42 Å². The molecule has 0 aromatic heterocycles. The molecule has 0 radical (unpaired) electrons. The van der Waals surface area contributed by atoms with Crippen LogP contribution in [0.25, 0.3) is 0 Å². The highest BCUT2D eigenvalue weighted by Crippen LogP contribution is 2.31. The van der Waals surface area contributed by atoms with Crippen LogP contribution in [0.3, 0.4) is 0 Å². The highest BCUT2D eigenvalue weighted by molar-refractivity contribution is 9.10. The van der Waals surface area contributed by atoms with E-state index in [1.54, 1.807) is 30.3 Å². The fourth-order valence-corrected chi connectivity index (χ4v) is 2.49. The minimum atomic E-state index is -0.866. The Bertz CT molecular complexity index is 631. The van der Waals surface area contributed by atoms with Gasteiger partial charge in [-0.1, -0.05) is 34.1 Å². The molecule has 112 valence electrons. The van der Waals surface area contributed by atoms with Gasteiger partial charge >= 0.3 is 0 Å². The van der Waals surface area contributed by atoms with Gasteiger partial charge in [-0.05, 0) is 23.8 Å². The van der Waals surface area contributed by atoms with Crippen molar-refractivity contribution >= 4 is 15.9 Å². The van der Waals surface area contributed by atoms with E-state index in [-0.39, 0.29) is 12.2 Å². The Morgan fingerprint density at radius 1 is 1.14 bits per heavy atom. The van der Waals surface area contributed by atoms with E-state index in [2.05, 4.69) is 15.9 Å². The van der Waals surface area contributed by atoms with Crippen molar-refractivity contribution in [2.45, 2.75) is 12.5 Å². The van der Waals surface area contributed by atoms with Crippen molar-refractivity contribution in [3.63, 3.8) is 0 Å². The molecule has 2 rings (SSSR count). The molecule has 2 aromatic carbocycles. The quantitative estimate of drug-likeness (QED) is 0.885. The Hall–Kier alpha value is -1.59. The Labute approximate surface area is 131 Å². The molecule has 1 atom stereocenters. The molecule has 5 heteroatoms. The average molecular weight is 355 g/mol. The molecular formula is C16H16BrFO3. The summed E-state index contributed by atoms with van der Waals surface area (Å²) in [5, 5.41) is 10.4. The maximum absolute atomic E-state index is 14.1. The van der Waals surface area contributed by atoms with Crippen LogP contribution in [0.4, 0.5) is 4.39 Å². The first-order valence-corrected chi connectivity index (χ1v) is 7.19. The van der Waals surface area contributed by atoms with Gasteiger partial charge in [0.2, 0.25) is 0 Å². The number of hydrogen-bond donors (Lipinski definition) is 1. The minimum absolute atomic E-state index is 0.140. The molecule has 0 aliphatic heterocycles. The molecule has 0 fully saturated rings. The third-order valence-corrected chi connectivity index (χ3v) is 3.72. The second kappa shape index (κ2) is 6.91. The molecule has 0 heterocycles. The number of aliphatic hydroxyl groups excluding tert-OH is 1. The second-order valence-corrected chi connectivity index (χ2v) is 5.46. The summed E-state index contributed by atoms with van der Waals surface area (Å²) in [4.78, 5) is 0. The molecule has 0 saturated carbocycles. The number of methoxy groups -OCH3 is 2. The van der Waals surface area contributed by atoms with E-state index in [0.717, 1.165) is 4.47 Å². The number of aliphatic hydroxyl groups is 1. The number of halogens is 2. The van der Waals surface area contributed by atoms with E-state index in [9.17, 15) is 9.50 Å². The van der Waals surface area contributed by atoms with Crippen molar-refractivity contribution in [1.29, 1.82) is 0 Å². The summed E-state index contributed by atoms with van der Waals surface area (Å²) in [6, 6.07) is 10.2. The number of ether oxygens (including phenoxy) is 2. The van der Waals surface area contributed by atoms with Crippen LogP contribution in [0.1, 0.15) is 17.2 Å². The lowest BCUT2D eigenvalue weighted by Gasteiger charge is -2.16. The van der Waals surface area contributed by atoms with Gasteiger partial charge in [0.25, 0.3) is 0 Å². The van der Waals surface area contributed by atoms with Crippen LogP contribution in [0.15, 0.2) is 40.9 Å². The van der Waals surface area contributed by atoms with Crippen molar-refractivity contribution in [2.75, 3.05) is 14.2 Å². The van der Waals surface area contributed by atoms with Gasteiger partial charge in [-0.3, -0.25) is 0 Å². The summed E-state index contributed by atoms with van der Waals surface area (Å²) >= 11 is 3.35. The van der Waals surface area contributed by atoms with Crippen LogP contribution in [0.5, 0.6) is 11.5 Å². The largest absolute Gasteiger partial charge is 0.496 e. The van der Waals surface area contributed by atoms with Crippen molar-refractivity contribution in [1.82, 2.24) is 0 Å². The van der Waals surface area contributed by atoms with Gasteiger partial charge in [0.1, 0.15) is 5.75 Å². The lowest BCUT2D eigenvalue weighted by molar-refractivity contribution is 0.172. The first-order chi connectivity index (χ1) is 10.1. The van der Waals surface area contributed by atoms with E-state index in [4.69, 9.17) is 9.47 Å². The summed E-state index contributed by atoms with van der Waals surface area (Å²) in [6.07, 6.45) is -0.726. The van der Waals surface area contributed by atoms with E-state index in [1.165, 1.54) is 14.2 Å². The maximum Gasteiger partial charge on any atom is 0.168 e. The third kappa shape index (κ3) is 3.54. The van der Waals surface area contributed by atoms with Crippen LogP contribution < -0.4 is 9.47 Å². The van der Waals surface area contributed by atoms with Crippen molar-refractivity contribution in [2.24, 2.45) is 0 Å². The number of rotatable bonds is 5. The zero-order valence-corrected chi connectivity index (χ0v) is 13.4. The first-order valence-electron chi connectivity index (χ1n) is 6.39. The highest BCUT2D eigenvalue weighted by atomic mass is 79.9. The topological polar surface area (TPSA) is 38.7 Å². The van der Waals surface area contributed by atoms with Gasteiger partial charge in [-0.2, -0.15) is 0 Å². The number of hydrogen-bond acceptors (Lipinski definition) is 3. The zero-order valence-electron chi connectivity index (χ0n) is 11.8. The predicted molar refractivity (Wildman–Crippen MR) is 82.3 cm³/mol. The van der Waals surface area contributed by atoms with Crippen LogP contribution >= 0.6 is 15.9 Å². The predicted octanol–water partition coefficient (Wildman–Crippen LogP) is 3.88. The fourth-order valence-electron chi connectivity index (χ4n) is 2.15. The van der Waals surface area contributed by atoms with E-state index >= 15 is 0 Å². The molecule has 0 amide bonds. The van der Waals surface area contributed by atoms with Crippen LogP contribution in [0.2, 0.25) is 0 Å². The van der Waals surface area contributed by atoms with Crippen LogP contribution in [-0.4, -0.2) is 19.3 Å². The van der Waals surface area contributed by atoms with Gasteiger partial charge in [0.15, 0.2) is 11.6 Å². The molecule has 0 bridgehead atoms. The first kappa shape index (κ1) is 15.8. The van der Waals surface area contributed by atoms with Gasteiger partial charge in [-0.15, -0.1) is 0 Å². The molecule has 2 aromatic rings. The van der Waals surface area contributed by atoms with Crippen LogP contribution in [0, 0.1) is 5.82 Å². The Kier molecular flexibility index (Phi) is 5.20. The molecule has 3 nitrogen and oxygen atoms in total. The Morgan fingerprint density at radius 2 is 1.86 bits per heavy atom. The fraction of sp³-hybridized carbons (Fsp3) is 0.250. The molecule has 21 heavy (non-hydrogen) atoms. The van der Waals surface area contributed by atoms with Crippen molar-refractivity contribution in [3.05, 3.63) is 57.8 Å². The lowest BCUT2D eigenvalue weighted by atomic mass is 10.00. The molecule has 0 spiro atoms. The second-order valence-electron chi connectivity index (χ2n) is 4.54. The number of benzene rings is 2. The van der Waals surface area contributed by atoms with Gasteiger partial charge in [0, 0.05) is 16.5 Å². The normalized spacial score (nSPS) is 12.0. The molecule has 0 aliphatic rings. The Balaban J connectivity index is 2.28. The van der Waals surface area contributed by atoms with Gasteiger partial charge in [-0.25, -0.2) is 4.39 Å². The van der Waals surface area contributed by atoms with Gasteiger partial charge in [0.05, 0.1) is 20.3 Å². The maximum atomic E-state index is 14.1. The monoisotopic (exact) mass is 354 g/mol. The SMILES string of the molecule is COc1cc(Br)ccc1C(O)Cc1cccc(OC)c1F. The third-order valence-electron chi connectivity index (χ3n) is 3.23. The van der Waals surface area contributed by atoms with Crippen molar-refractivity contribution in [3.8, 4) is 11.5 Å². The summed E-state index contributed by atoms with van der Waals surface area (Å²) in [6.45, 7) is 0. The van der Waals surface area contributed by atoms with E-state index in [1.807, 2.05) is 6.07 Å². The summed E-state index contributed by atoms with van der Waals surface area (Å²) in [5.74, 6) is 0.276. The molecular weight excluding hydrogens is 339 g/mol. The Morgan fingerprint density at radius 3 is 2.52 bits per heavy atom. The van der Waals surface area contributed by atoms with E-state index in [0.29, 0.717) is 16.9 Å². The summed E-state index contributed by atoms with van der Waals surface area (Å²) in [7, 11) is 2.94. The molecule has 0 saturated heterocycles. The average Bonchev–Trinajstić information content (AvgIpc) is 2.49. The molecule has 0 aliphatic carbocycles. The standard InChI is InChI=1S/C16H16BrFO3/c1-20-14-5-3-4-10(16(14)18)8-13(19)12-7-6-11(17)9-15(12)21-2/h3-7,9,13,19H,8H2,1-2H3. The van der Waals surface area contributed by atoms with Crippen molar-refractivity contribution < 1.29 is 19.0 Å². The summed E-state index contributed by atoms with van der Waals surface area (Å²) < 4.78 is 25.2. The minimum Gasteiger partial charge on any atom is -0.496 e. The van der Waals surface area contributed by atoms with Gasteiger partial charge < -0.3 is 14.6 Å². The molecule has 1 unspecified atom stereocenters.